The summed E-state index contributed by atoms with van der Waals surface area (Å²) in [4.78, 5) is 24.7. The van der Waals surface area contributed by atoms with Gasteiger partial charge in [-0.05, 0) is 77.6 Å². The van der Waals surface area contributed by atoms with Gasteiger partial charge in [0.25, 0.3) is 0 Å². The summed E-state index contributed by atoms with van der Waals surface area (Å²) in [6.45, 7) is 15.4. The van der Waals surface area contributed by atoms with Crippen LogP contribution in [0.4, 0.5) is 0 Å². The molecule has 3 N–H and O–H groups in total. The third kappa shape index (κ3) is 5.97. The molecule has 0 bridgehead atoms. The summed E-state index contributed by atoms with van der Waals surface area (Å²) in [5.41, 5.74) is 0.212. The molecule has 1 aliphatic carbocycles. The van der Waals surface area contributed by atoms with E-state index in [2.05, 4.69) is 64.4 Å². The maximum absolute atomic E-state index is 12.4. The number of rotatable bonds is 2. The molecule has 1 saturated carbocycles. The van der Waals surface area contributed by atoms with Gasteiger partial charge in [-0.3, -0.25) is 9.59 Å². The van der Waals surface area contributed by atoms with Crippen LogP contribution in [0.5, 0.6) is 0 Å². The Morgan fingerprint density at radius 1 is 0.808 bits per heavy atom. The number of piperidine rings is 1. The maximum atomic E-state index is 12.4. The van der Waals surface area contributed by atoms with Gasteiger partial charge in [0.05, 0.1) is 0 Å². The molecule has 150 valence electrons. The van der Waals surface area contributed by atoms with Gasteiger partial charge in [-0.15, -0.1) is 0 Å². The van der Waals surface area contributed by atoms with Crippen molar-refractivity contribution >= 4 is 11.8 Å². The van der Waals surface area contributed by atoms with Gasteiger partial charge in [-0.1, -0.05) is 20.8 Å². The first-order valence-electron chi connectivity index (χ1n) is 10.2. The summed E-state index contributed by atoms with van der Waals surface area (Å²) in [5.74, 6) is -0.261. The highest BCUT2D eigenvalue weighted by atomic mass is 16.2. The van der Waals surface area contributed by atoms with Crippen molar-refractivity contribution in [2.75, 3.05) is 0 Å². The van der Waals surface area contributed by atoms with E-state index in [-0.39, 0.29) is 23.2 Å². The second-order valence-corrected chi connectivity index (χ2v) is 10.9. The van der Waals surface area contributed by atoms with E-state index in [4.69, 9.17) is 0 Å². The molecule has 0 spiro atoms. The molecule has 26 heavy (non-hydrogen) atoms. The number of amides is 2. The first kappa shape index (κ1) is 21.2. The third-order valence-corrected chi connectivity index (χ3v) is 6.02. The molecule has 0 radical (unpaired) electrons. The van der Waals surface area contributed by atoms with Crippen molar-refractivity contribution in [3.63, 3.8) is 0 Å². The summed E-state index contributed by atoms with van der Waals surface area (Å²) in [6, 6.07) is 0.156. The first-order valence-corrected chi connectivity index (χ1v) is 10.2. The second kappa shape index (κ2) is 7.49. The fraction of sp³-hybridized carbons (Fsp3) is 0.905. The summed E-state index contributed by atoms with van der Waals surface area (Å²) in [6.07, 6.45) is 5.82. The maximum Gasteiger partial charge on any atom is 0.309 e. The number of carbonyl (C=O) groups is 2. The Kier molecular flexibility index (Phi) is 6.11. The Labute approximate surface area is 159 Å². The van der Waals surface area contributed by atoms with Gasteiger partial charge in [0.2, 0.25) is 0 Å². The van der Waals surface area contributed by atoms with Gasteiger partial charge in [0.1, 0.15) is 0 Å². The lowest BCUT2D eigenvalue weighted by Crippen LogP contribution is -2.63. The van der Waals surface area contributed by atoms with Crippen LogP contribution in [0, 0.1) is 11.3 Å². The van der Waals surface area contributed by atoms with Gasteiger partial charge >= 0.3 is 11.8 Å². The van der Waals surface area contributed by atoms with Crippen LogP contribution in [0.2, 0.25) is 0 Å². The van der Waals surface area contributed by atoms with Gasteiger partial charge in [0, 0.05) is 23.2 Å². The molecule has 2 aliphatic rings. The Hall–Kier alpha value is -1.10. The van der Waals surface area contributed by atoms with Crippen LogP contribution < -0.4 is 16.0 Å². The van der Waals surface area contributed by atoms with Gasteiger partial charge in [-0.25, -0.2) is 0 Å². The first-order chi connectivity index (χ1) is 11.8. The van der Waals surface area contributed by atoms with E-state index < -0.39 is 11.8 Å². The van der Waals surface area contributed by atoms with Crippen molar-refractivity contribution in [2.45, 2.75) is 110 Å². The highest BCUT2D eigenvalue weighted by molar-refractivity contribution is 6.35. The normalized spacial score (nSPS) is 29.0. The zero-order valence-corrected chi connectivity index (χ0v) is 17.8. The molecule has 1 heterocycles. The second-order valence-electron chi connectivity index (χ2n) is 10.9. The van der Waals surface area contributed by atoms with E-state index >= 15 is 0 Å². The highest BCUT2D eigenvalue weighted by Crippen LogP contribution is 2.37. The predicted molar refractivity (Wildman–Crippen MR) is 106 cm³/mol. The fourth-order valence-electron chi connectivity index (χ4n) is 5.03. The fourth-order valence-corrected chi connectivity index (χ4v) is 5.03. The van der Waals surface area contributed by atoms with E-state index in [1.807, 2.05) is 0 Å². The molecule has 5 heteroatoms. The molecule has 1 saturated heterocycles. The predicted octanol–water partition coefficient (Wildman–Crippen LogP) is 3.13. The monoisotopic (exact) mass is 365 g/mol. The van der Waals surface area contributed by atoms with Crippen molar-refractivity contribution in [3.05, 3.63) is 0 Å². The summed E-state index contributed by atoms with van der Waals surface area (Å²) >= 11 is 0. The average molecular weight is 366 g/mol. The Morgan fingerprint density at radius 3 is 1.65 bits per heavy atom. The Morgan fingerprint density at radius 2 is 1.23 bits per heavy atom. The van der Waals surface area contributed by atoms with Crippen molar-refractivity contribution in [2.24, 2.45) is 11.3 Å². The van der Waals surface area contributed by atoms with Crippen molar-refractivity contribution in [1.82, 2.24) is 16.0 Å². The molecule has 0 unspecified atom stereocenters. The van der Waals surface area contributed by atoms with Crippen molar-refractivity contribution in [1.29, 1.82) is 0 Å². The van der Waals surface area contributed by atoms with E-state index in [1.54, 1.807) is 0 Å². The summed E-state index contributed by atoms with van der Waals surface area (Å²) in [5, 5.41) is 9.51. The minimum atomic E-state index is -0.485. The van der Waals surface area contributed by atoms with Gasteiger partial charge < -0.3 is 16.0 Å². The third-order valence-electron chi connectivity index (χ3n) is 6.02. The van der Waals surface area contributed by atoms with Crippen molar-refractivity contribution < 1.29 is 9.59 Å². The lowest BCUT2D eigenvalue weighted by molar-refractivity contribution is -0.140. The van der Waals surface area contributed by atoms with Crippen LogP contribution in [0.3, 0.4) is 0 Å². The Balaban J connectivity index is 1.82. The van der Waals surface area contributed by atoms with Crippen LogP contribution in [-0.4, -0.2) is 35.0 Å². The van der Waals surface area contributed by atoms with Crippen LogP contribution in [-0.2, 0) is 9.59 Å². The summed E-state index contributed by atoms with van der Waals surface area (Å²) < 4.78 is 0. The molecular weight excluding hydrogens is 326 g/mol. The lowest BCUT2D eigenvalue weighted by Gasteiger charge is -2.46. The van der Waals surface area contributed by atoms with Crippen LogP contribution in [0.15, 0.2) is 0 Å². The van der Waals surface area contributed by atoms with E-state index in [1.165, 1.54) is 0 Å². The lowest BCUT2D eigenvalue weighted by atomic mass is 9.71. The quantitative estimate of drug-likeness (QED) is 0.659. The zero-order valence-electron chi connectivity index (χ0n) is 17.8. The molecule has 0 aromatic heterocycles. The number of nitrogens with one attached hydrogen (secondary N) is 3. The smallest absolute Gasteiger partial charge is 0.309 e. The standard InChI is InChI=1S/C21H39N3O2/c1-19(2,3)14-8-10-15(11-9-14)22-17(25)18(26)23-16-12-20(4,5)24-21(6,7)13-16/h14-16,24H,8-13H2,1-7H3,(H,22,25)(H,23,26). The number of hydrogen-bond acceptors (Lipinski definition) is 3. The van der Waals surface area contributed by atoms with E-state index in [9.17, 15) is 9.59 Å². The largest absolute Gasteiger partial charge is 0.345 e. The minimum Gasteiger partial charge on any atom is -0.345 e. The van der Waals surface area contributed by atoms with Crippen LogP contribution >= 0.6 is 0 Å². The molecule has 1 aliphatic heterocycles. The topological polar surface area (TPSA) is 70.2 Å². The van der Waals surface area contributed by atoms with E-state index in [0.717, 1.165) is 38.5 Å². The number of carbonyl (C=O) groups excluding carboxylic acids is 2. The van der Waals surface area contributed by atoms with E-state index in [0.29, 0.717) is 11.3 Å². The van der Waals surface area contributed by atoms with Gasteiger partial charge in [0.15, 0.2) is 0 Å². The average Bonchev–Trinajstić information content (AvgIpc) is 2.43. The van der Waals surface area contributed by atoms with Crippen LogP contribution in [0.1, 0.15) is 87.0 Å². The van der Waals surface area contributed by atoms with Crippen LogP contribution in [0.25, 0.3) is 0 Å². The van der Waals surface area contributed by atoms with Crippen molar-refractivity contribution in [3.8, 4) is 0 Å². The minimum absolute atomic E-state index is 0.0242. The molecule has 2 fully saturated rings. The molecular formula is C21H39N3O2. The molecule has 2 amide bonds. The molecule has 2 rings (SSSR count). The number of hydrogen-bond donors (Lipinski definition) is 3. The molecule has 5 nitrogen and oxygen atoms in total. The van der Waals surface area contributed by atoms with Gasteiger partial charge in [-0.2, -0.15) is 0 Å². The Bertz CT molecular complexity index is 510. The molecule has 0 atom stereocenters. The highest BCUT2D eigenvalue weighted by Gasteiger charge is 2.39. The molecule has 0 aromatic carbocycles. The zero-order chi connectivity index (χ0) is 19.8. The SMILES string of the molecule is CC1(C)CC(NC(=O)C(=O)NC2CCC(C(C)(C)C)CC2)CC(C)(C)N1. The summed E-state index contributed by atoms with van der Waals surface area (Å²) in [7, 11) is 0. The molecule has 0 aromatic rings.